The van der Waals surface area contributed by atoms with E-state index in [0.717, 1.165) is 12.8 Å². The Hall–Kier alpha value is -2.34. The summed E-state index contributed by atoms with van der Waals surface area (Å²) in [5.41, 5.74) is 0.251. The van der Waals surface area contributed by atoms with E-state index in [1.54, 1.807) is 4.90 Å². The topological polar surface area (TPSA) is 75.8 Å². The number of likely N-dealkylation sites (tertiary alicyclic amines) is 1. The van der Waals surface area contributed by atoms with Crippen molar-refractivity contribution >= 4 is 5.91 Å². The summed E-state index contributed by atoms with van der Waals surface area (Å²) in [4.78, 5) is 18.1. The van der Waals surface area contributed by atoms with E-state index < -0.39 is 6.10 Å². The average Bonchev–Trinajstić information content (AvgIpc) is 3.02. The lowest BCUT2D eigenvalue weighted by atomic mass is 10.1. The zero-order valence-corrected chi connectivity index (χ0v) is 12.1. The van der Waals surface area contributed by atoms with E-state index in [-0.39, 0.29) is 18.2 Å². The summed E-state index contributed by atoms with van der Waals surface area (Å²) in [6, 6.07) is 9.33. The third-order valence-electron chi connectivity index (χ3n) is 3.56. The van der Waals surface area contributed by atoms with E-state index in [1.165, 1.54) is 6.26 Å². The Bertz CT molecular complexity index is 626. The molecule has 0 radical (unpaired) electrons. The summed E-state index contributed by atoms with van der Waals surface area (Å²) in [6.45, 7) is 1.15. The van der Waals surface area contributed by atoms with Gasteiger partial charge in [0.1, 0.15) is 12.0 Å². The molecule has 0 unspecified atom stereocenters. The molecular formula is C16H18N2O4. The van der Waals surface area contributed by atoms with Crippen LogP contribution in [0.25, 0.3) is 0 Å². The number of aliphatic hydroxyl groups is 1. The van der Waals surface area contributed by atoms with Crippen molar-refractivity contribution in [3.63, 3.8) is 0 Å². The highest BCUT2D eigenvalue weighted by molar-refractivity contribution is 5.92. The van der Waals surface area contributed by atoms with Crippen molar-refractivity contribution in [1.82, 2.24) is 9.88 Å². The van der Waals surface area contributed by atoms with Crippen molar-refractivity contribution in [2.45, 2.75) is 25.6 Å². The van der Waals surface area contributed by atoms with Gasteiger partial charge in [-0.1, -0.05) is 18.2 Å². The maximum Gasteiger partial charge on any atom is 0.275 e. The highest BCUT2D eigenvalue weighted by Gasteiger charge is 2.25. The zero-order valence-electron chi connectivity index (χ0n) is 12.1. The van der Waals surface area contributed by atoms with Gasteiger partial charge in [-0.25, -0.2) is 4.98 Å². The van der Waals surface area contributed by atoms with Crippen molar-refractivity contribution in [3.05, 3.63) is 48.2 Å². The van der Waals surface area contributed by atoms with E-state index in [4.69, 9.17) is 9.15 Å². The molecule has 0 saturated carbocycles. The first kappa shape index (κ1) is 14.6. The summed E-state index contributed by atoms with van der Waals surface area (Å²) in [6.07, 6.45) is 2.42. The summed E-state index contributed by atoms with van der Waals surface area (Å²) in [7, 11) is 0. The van der Waals surface area contributed by atoms with Crippen molar-refractivity contribution in [2.24, 2.45) is 0 Å². The number of rotatable bonds is 4. The number of nitrogens with zero attached hydrogens (tertiary/aromatic N) is 2. The van der Waals surface area contributed by atoms with E-state index in [2.05, 4.69) is 4.98 Å². The SMILES string of the molecule is O=C(c1coc(COc2ccccc2)n1)N1CCC[C@H](O)C1. The molecule has 1 aromatic heterocycles. The molecule has 0 spiro atoms. The minimum absolute atomic E-state index is 0.167. The lowest BCUT2D eigenvalue weighted by Gasteiger charge is -2.29. The normalized spacial score (nSPS) is 18.2. The molecular weight excluding hydrogens is 284 g/mol. The lowest BCUT2D eigenvalue weighted by molar-refractivity contribution is 0.0469. The van der Waals surface area contributed by atoms with E-state index in [0.29, 0.717) is 24.7 Å². The maximum atomic E-state index is 12.3. The van der Waals surface area contributed by atoms with Crippen LogP contribution in [0.1, 0.15) is 29.2 Å². The predicted octanol–water partition coefficient (Wildman–Crippen LogP) is 1.85. The van der Waals surface area contributed by atoms with E-state index in [9.17, 15) is 9.90 Å². The van der Waals surface area contributed by atoms with Gasteiger partial charge in [0, 0.05) is 13.1 Å². The first-order valence-corrected chi connectivity index (χ1v) is 7.32. The molecule has 2 heterocycles. The molecule has 1 amide bonds. The molecule has 2 aromatic rings. The van der Waals surface area contributed by atoms with Gasteiger partial charge in [-0.15, -0.1) is 0 Å². The number of carbonyl (C=O) groups is 1. The van der Waals surface area contributed by atoms with Crippen LogP contribution < -0.4 is 4.74 Å². The number of oxazole rings is 1. The number of aliphatic hydroxyl groups excluding tert-OH is 1. The Morgan fingerprint density at radius 3 is 3.00 bits per heavy atom. The Kier molecular flexibility index (Phi) is 4.39. The monoisotopic (exact) mass is 302 g/mol. The molecule has 0 aliphatic carbocycles. The molecule has 1 atom stereocenters. The highest BCUT2D eigenvalue weighted by Crippen LogP contribution is 2.15. The molecule has 1 fully saturated rings. The standard InChI is InChI=1S/C16H18N2O4/c19-12-5-4-8-18(9-12)16(20)14-10-22-15(17-14)11-21-13-6-2-1-3-7-13/h1-3,6-7,10,12,19H,4-5,8-9,11H2/t12-/m0/s1. The fourth-order valence-corrected chi connectivity index (χ4v) is 2.44. The van der Waals surface area contributed by atoms with Crippen LogP contribution >= 0.6 is 0 Å². The molecule has 1 aromatic carbocycles. The number of amides is 1. The van der Waals surface area contributed by atoms with Gasteiger partial charge in [0.2, 0.25) is 5.89 Å². The van der Waals surface area contributed by atoms with Crippen molar-refractivity contribution in [2.75, 3.05) is 13.1 Å². The van der Waals surface area contributed by atoms with Crippen molar-refractivity contribution in [3.8, 4) is 5.75 Å². The number of para-hydroxylation sites is 1. The van der Waals surface area contributed by atoms with E-state index >= 15 is 0 Å². The smallest absolute Gasteiger partial charge is 0.275 e. The van der Waals surface area contributed by atoms with Gasteiger partial charge in [0.15, 0.2) is 12.3 Å². The van der Waals surface area contributed by atoms with Gasteiger partial charge < -0.3 is 19.2 Å². The van der Waals surface area contributed by atoms with Crippen LogP contribution in [-0.2, 0) is 6.61 Å². The molecule has 1 aliphatic rings. The number of carbonyl (C=O) groups excluding carboxylic acids is 1. The number of hydrogen-bond acceptors (Lipinski definition) is 5. The lowest BCUT2D eigenvalue weighted by Crippen LogP contribution is -2.42. The third-order valence-corrected chi connectivity index (χ3v) is 3.56. The molecule has 1 saturated heterocycles. The number of ether oxygens (including phenoxy) is 1. The van der Waals surface area contributed by atoms with Crippen LogP contribution in [0.15, 0.2) is 41.0 Å². The molecule has 22 heavy (non-hydrogen) atoms. The Labute approximate surface area is 128 Å². The fourth-order valence-electron chi connectivity index (χ4n) is 2.44. The number of hydrogen-bond donors (Lipinski definition) is 1. The van der Waals surface area contributed by atoms with Gasteiger partial charge in [-0.2, -0.15) is 0 Å². The highest BCUT2D eigenvalue weighted by atomic mass is 16.5. The Morgan fingerprint density at radius 2 is 2.23 bits per heavy atom. The van der Waals surface area contributed by atoms with Gasteiger partial charge in [-0.3, -0.25) is 4.79 Å². The minimum Gasteiger partial charge on any atom is -0.484 e. The van der Waals surface area contributed by atoms with Crippen LogP contribution in [0, 0.1) is 0 Å². The number of β-amino-alcohol motifs (C(OH)–C–C–N with tert-alkyl or cyclic N) is 1. The van der Waals surface area contributed by atoms with Gasteiger partial charge >= 0.3 is 0 Å². The Balaban J connectivity index is 1.59. The molecule has 0 bridgehead atoms. The van der Waals surface area contributed by atoms with Crippen LogP contribution in [0.5, 0.6) is 5.75 Å². The van der Waals surface area contributed by atoms with Gasteiger partial charge in [0.25, 0.3) is 5.91 Å². The number of piperidine rings is 1. The molecule has 1 aliphatic heterocycles. The summed E-state index contributed by atoms with van der Waals surface area (Å²) >= 11 is 0. The quantitative estimate of drug-likeness (QED) is 0.933. The zero-order chi connectivity index (χ0) is 15.4. The van der Waals surface area contributed by atoms with E-state index in [1.807, 2.05) is 30.3 Å². The largest absolute Gasteiger partial charge is 0.484 e. The van der Waals surface area contributed by atoms with Crippen LogP contribution in [0.3, 0.4) is 0 Å². The maximum absolute atomic E-state index is 12.3. The predicted molar refractivity (Wildman–Crippen MR) is 78.4 cm³/mol. The average molecular weight is 302 g/mol. The third kappa shape index (κ3) is 3.46. The van der Waals surface area contributed by atoms with Crippen LogP contribution in [-0.4, -0.2) is 40.1 Å². The molecule has 116 valence electrons. The molecule has 6 nitrogen and oxygen atoms in total. The summed E-state index contributed by atoms with van der Waals surface area (Å²) in [5.74, 6) is 0.853. The van der Waals surface area contributed by atoms with Crippen molar-refractivity contribution in [1.29, 1.82) is 0 Å². The van der Waals surface area contributed by atoms with Gasteiger partial charge in [-0.05, 0) is 25.0 Å². The van der Waals surface area contributed by atoms with Crippen LogP contribution in [0.4, 0.5) is 0 Å². The number of benzene rings is 1. The fraction of sp³-hybridized carbons (Fsp3) is 0.375. The number of aromatic nitrogens is 1. The van der Waals surface area contributed by atoms with Crippen LogP contribution in [0.2, 0.25) is 0 Å². The second-order valence-electron chi connectivity index (χ2n) is 5.28. The molecule has 3 rings (SSSR count). The molecule has 6 heteroatoms. The van der Waals surface area contributed by atoms with Crippen molar-refractivity contribution < 1.29 is 19.1 Å². The second-order valence-corrected chi connectivity index (χ2v) is 5.28. The first-order chi connectivity index (χ1) is 10.7. The Morgan fingerprint density at radius 1 is 1.41 bits per heavy atom. The minimum atomic E-state index is -0.453. The summed E-state index contributed by atoms with van der Waals surface area (Å²) < 4.78 is 10.8. The summed E-state index contributed by atoms with van der Waals surface area (Å²) in [5, 5.41) is 9.63. The first-order valence-electron chi connectivity index (χ1n) is 7.32. The molecule has 1 N–H and O–H groups in total. The second kappa shape index (κ2) is 6.62. The van der Waals surface area contributed by atoms with Gasteiger partial charge in [0.05, 0.1) is 6.10 Å².